The molecule has 0 saturated heterocycles. The molecule has 23 heavy (non-hydrogen) atoms. The maximum Gasteiger partial charge on any atom is 0.295 e. The minimum atomic E-state index is -4.74. The van der Waals surface area contributed by atoms with Crippen LogP contribution in [0.3, 0.4) is 0 Å². The molecule has 1 N–H and O–H groups in total. The van der Waals surface area contributed by atoms with E-state index in [0.717, 1.165) is 24.3 Å². The van der Waals surface area contributed by atoms with Crippen molar-refractivity contribution in [2.45, 2.75) is 4.90 Å². The zero-order valence-corrected chi connectivity index (χ0v) is 12.0. The monoisotopic (exact) mass is 333 g/mol. The number of hydrogen-bond donors (Lipinski definition) is 1. The van der Waals surface area contributed by atoms with Gasteiger partial charge in [0.25, 0.3) is 15.8 Å². The van der Waals surface area contributed by atoms with Gasteiger partial charge in [-0.3, -0.25) is 24.3 Å². The highest BCUT2D eigenvalue weighted by molar-refractivity contribution is 7.86. The molecule has 0 unspecified atom stereocenters. The van der Waals surface area contributed by atoms with Crippen LogP contribution in [-0.2, 0) is 10.1 Å². The predicted molar refractivity (Wildman–Crippen MR) is 76.2 cm³/mol. The second kappa shape index (κ2) is 4.80. The van der Waals surface area contributed by atoms with Crippen LogP contribution in [0, 0.1) is 10.1 Å². The third-order valence-corrected chi connectivity index (χ3v) is 4.38. The van der Waals surface area contributed by atoms with Crippen LogP contribution in [0.1, 0.15) is 31.8 Å². The van der Waals surface area contributed by atoms with Gasteiger partial charge in [-0.25, -0.2) is 0 Å². The summed E-state index contributed by atoms with van der Waals surface area (Å²) in [6.07, 6.45) is 0. The second-order valence-electron chi connectivity index (χ2n) is 4.80. The Morgan fingerprint density at radius 2 is 1.65 bits per heavy atom. The van der Waals surface area contributed by atoms with E-state index >= 15 is 0 Å². The summed E-state index contributed by atoms with van der Waals surface area (Å²) < 4.78 is 32.1. The average molecular weight is 333 g/mol. The second-order valence-corrected chi connectivity index (χ2v) is 6.19. The normalized spacial score (nSPS) is 13.4. The zero-order chi connectivity index (χ0) is 16.9. The minimum Gasteiger partial charge on any atom is -0.289 e. The molecule has 0 bridgehead atoms. The number of nitro groups is 1. The van der Waals surface area contributed by atoms with Crippen molar-refractivity contribution >= 4 is 27.4 Å². The van der Waals surface area contributed by atoms with Gasteiger partial charge in [0.1, 0.15) is 4.90 Å². The summed E-state index contributed by atoms with van der Waals surface area (Å²) in [4.78, 5) is 34.3. The van der Waals surface area contributed by atoms with Crippen LogP contribution in [0.2, 0.25) is 0 Å². The standard InChI is InChI=1S/C14H7NO7S/c16-13-8-5-4-7(15(18)19)6-10(8)14(17)12-9(13)2-1-3-11(12)23(20,21)22/h1-6H,(H,20,21,22). The van der Waals surface area contributed by atoms with Crippen LogP contribution in [0.5, 0.6) is 0 Å². The Morgan fingerprint density at radius 1 is 0.957 bits per heavy atom. The van der Waals surface area contributed by atoms with Crippen LogP contribution in [0.25, 0.3) is 0 Å². The first-order chi connectivity index (χ1) is 10.7. The van der Waals surface area contributed by atoms with Gasteiger partial charge in [-0.05, 0) is 12.1 Å². The molecule has 0 saturated carbocycles. The van der Waals surface area contributed by atoms with Gasteiger partial charge in [-0.15, -0.1) is 0 Å². The smallest absolute Gasteiger partial charge is 0.289 e. The van der Waals surface area contributed by atoms with Gasteiger partial charge in [-0.1, -0.05) is 12.1 Å². The number of ketones is 2. The van der Waals surface area contributed by atoms with Gasteiger partial charge in [0.2, 0.25) is 0 Å². The molecule has 2 aromatic rings. The SMILES string of the molecule is O=C1c2ccc([N+](=O)[O-])cc2C(=O)c2c1cccc2S(=O)(=O)O. The Morgan fingerprint density at radius 3 is 2.26 bits per heavy atom. The number of carbonyl (C=O) groups excluding carboxylic acids is 2. The summed E-state index contributed by atoms with van der Waals surface area (Å²) in [5.74, 6) is -1.51. The summed E-state index contributed by atoms with van der Waals surface area (Å²) in [5.41, 5.74) is -1.38. The van der Waals surface area contributed by atoms with Gasteiger partial charge in [-0.2, -0.15) is 8.42 Å². The van der Waals surface area contributed by atoms with Crippen LogP contribution in [0.4, 0.5) is 5.69 Å². The topological polar surface area (TPSA) is 132 Å². The first-order valence-corrected chi connectivity index (χ1v) is 7.64. The van der Waals surface area contributed by atoms with Crippen LogP contribution in [-0.4, -0.2) is 29.5 Å². The van der Waals surface area contributed by atoms with E-state index in [4.69, 9.17) is 0 Å². The molecular weight excluding hydrogens is 326 g/mol. The van der Waals surface area contributed by atoms with Gasteiger partial charge < -0.3 is 0 Å². The average Bonchev–Trinajstić information content (AvgIpc) is 2.50. The summed E-state index contributed by atoms with van der Waals surface area (Å²) in [7, 11) is -4.74. The Kier molecular flexibility index (Phi) is 3.13. The van der Waals surface area contributed by atoms with E-state index in [2.05, 4.69) is 0 Å². The van der Waals surface area contributed by atoms with Crippen molar-refractivity contribution in [3.63, 3.8) is 0 Å². The van der Waals surface area contributed by atoms with Gasteiger partial charge >= 0.3 is 0 Å². The Bertz CT molecular complexity index is 1010. The number of hydrogen-bond acceptors (Lipinski definition) is 6. The van der Waals surface area contributed by atoms with Crippen molar-refractivity contribution in [2.75, 3.05) is 0 Å². The van der Waals surface area contributed by atoms with E-state index in [9.17, 15) is 32.7 Å². The molecule has 9 heteroatoms. The van der Waals surface area contributed by atoms with Crippen LogP contribution < -0.4 is 0 Å². The van der Waals surface area contributed by atoms with Crippen LogP contribution >= 0.6 is 0 Å². The predicted octanol–water partition coefficient (Wildman–Crippen LogP) is 1.62. The Hall–Kier alpha value is -2.91. The summed E-state index contributed by atoms with van der Waals surface area (Å²) in [6.45, 7) is 0. The summed E-state index contributed by atoms with van der Waals surface area (Å²) >= 11 is 0. The Labute approximate surface area is 129 Å². The number of nitrogens with zero attached hydrogens (tertiary/aromatic N) is 1. The largest absolute Gasteiger partial charge is 0.295 e. The third kappa shape index (κ3) is 2.22. The highest BCUT2D eigenvalue weighted by Gasteiger charge is 2.35. The van der Waals surface area contributed by atoms with Crippen molar-refractivity contribution < 1.29 is 27.5 Å². The number of benzene rings is 2. The van der Waals surface area contributed by atoms with E-state index in [1.807, 2.05) is 0 Å². The lowest BCUT2D eigenvalue weighted by molar-refractivity contribution is -0.384. The lowest BCUT2D eigenvalue weighted by Gasteiger charge is -2.18. The molecular formula is C14H7NO7S. The van der Waals surface area contributed by atoms with Crippen molar-refractivity contribution in [1.82, 2.24) is 0 Å². The molecule has 0 amide bonds. The fourth-order valence-corrected chi connectivity index (χ4v) is 3.19. The van der Waals surface area contributed by atoms with Gasteiger partial charge in [0, 0.05) is 28.8 Å². The number of nitro benzene ring substituents is 1. The third-order valence-electron chi connectivity index (χ3n) is 3.48. The molecule has 0 fully saturated rings. The van der Waals surface area contributed by atoms with E-state index in [1.165, 1.54) is 12.1 Å². The quantitative estimate of drug-likeness (QED) is 0.428. The molecule has 1 aliphatic rings. The van der Waals surface area contributed by atoms with E-state index in [0.29, 0.717) is 0 Å². The molecule has 2 aromatic carbocycles. The van der Waals surface area contributed by atoms with E-state index in [1.54, 1.807) is 0 Å². The Balaban J connectivity index is 2.35. The van der Waals surface area contributed by atoms with Crippen molar-refractivity contribution in [1.29, 1.82) is 0 Å². The zero-order valence-electron chi connectivity index (χ0n) is 11.2. The van der Waals surface area contributed by atoms with E-state index < -0.39 is 42.8 Å². The highest BCUT2D eigenvalue weighted by atomic mass is 32.2. The molecule has 1 aliphatic carbocycles. The molecule has 3 rings (SSSR count). The fraction of sp³-hybridized carbons (Fsp3) is 0. The van der Waals surface area contributed by atoms with Crippen molar-refractivity contribution in [2.24, 2.45) is 0 Å². The number of fused-ring (bicyclic) bond motifs is 2. The maximum absolute atomic E-state index is 12.5. The van der Waals surface area contributed by atoms with Crippen molar-refractivity contribution in [3.8, 4) is 0 Å². The number of non-ortho nitro benzene ring substituents is 1. The molecule has 116 valence electrons. The first kappa shape index (κ1) is 15.0. The lowest BCUT2D eigenvalue weighted by atomic mass is 9.84. The maximum atomic E-state index is 12.5. The lowest BCUT2D eigenvalue weighted by Crippen LogP contribution is -2.23. The summed E-state index contributed by atoms with van der Waals surface area (Å²) in [6, 6.07) is 6.62. The van der Waals surface area contributed by atoms with Crippen molar-refractivity contribution in [3.05, 3.63) is 68.8 Å². The molecule has 8 nitrogen and oxygen atoms in total. The highest BCUT2D eigenvalue weighted by Crippen LogP contribution is 2.33. The first-order valence-electron chi connectivity index (χ1n) is 6.20. The molecule has 0 spiro atoms. The van der Waals surface area contributed by atoms with Gasteiger partial charge in [0.05, 0.1) is 10.5 Å². The minimum absolute atomic E-state index is 0.0550. The van der Waals surface area contributed by atoms with E-state index in [-0.39, 0.29) is 16.7 Å². The molecule has 0 heterocycles. The summed E-state index contributed by atoms with van der Waals surface area (Å²) in [5, 5.41) is 10.8. The molecule has 0 atom stereocenters. The molecule has 0 radical (unpaired) electrons. The molecule has 0 aromatic heterocycles. The number of carbonyl (C=O) groups is 2. The molecule has 0 aliphatic heterocycles. The van der Waals surface area contributed by atoms with Gasteiger partial charge in [0.15, 0.2) is 11.6 Å². The fourth-order valence-electron chi connectivity index (χ4n) is 2.48. The van der Waals surface area contributed by atoms with Crippen LogP contribution in [0.15, 0.2) is 41.3 Å². The number of rotatable bonds is 2.